The van der Waals surface area contributed by atoms with Gasteiger partial charge in [-0.15, -0.1) is 0 Å². The fourth-order valence-electron chi connectivity index (χ4n) is 4.06. The third-order valence-corrected chi connectivity index (χ3v) is 6.38. The van der Waals surface area contributed by atoms with Gasteiger partial charge in [-0.05, 0) is 18.6 Å². The lowest BCUT2D eigenvalue weighted by Gasteiger charge is -2.40. The Morgan fingerprint density at radius 2 is 2.09 bits per heavy atom. The SMILES string of the molecule is C[C@@H](C(=O)Nc1cn(Cc2cccc(Cl)c2F)cn1)N1CCC(F)(F)[C@@H](c2cc[n+]([O-])cc2)C1. The monoisotopic (exact) mass is 493 g/mol. The number of carbonyl (C=O) groups excluding carboxylic acids is 1. The fraction of sp³-hybridized carbons (Fsp3) is 0.348. The zero-order valence-electron chi connectivity index (χ0n) is 18.3. The van der Waals surface area contributed by atoms with Gasteiger partial charge < -0.3 is 15.1 Å². The van der Waals surface area contributed by atoms with E-state index < -0.39 is 36.0 Å². The quantitative estimate of drug-likeness (QED) is 0.418. The first-order valence-corrected chi connectivity index (χ1v) is 11.1. The Morgan fingerprint density at radius 1 is 1.35 bits per heavy atom. The minimum absolute atomic E-state index is 0.0214. The minimum atomic E-state index is -2.95. The largest absolute Gasteiger partial charge is 0.619 e. The molecule has 0 spiro atoms. The predicted molar refractivity (Wildman–Crippen MR) is 120 cm³/mol. The number of imidazole rings is 1. The Balaban J connectivity index is 1.40. The molecule has 1 saturated heterocycles. The van der Waals surface area contributed by atoms with E-state index in [1.807, 2.05) is 0 Å². The van der Waals surface area contributed by atoms with Gasteiger partial charge >= 0.3 is 0 Å². The van der Waals surface area contributed by atoms with Crippen LogP contribution in [0.25, 0.3) is 0 Å². The molecule has 34 heavy (non-hydrogen) atoms. The van der Waals surface area contributed by atoms with Crippen LogP contribution < -0.4 is 10.0 Å². The molecule has 2 atom stereocenters. The van der Waals surface area contributed by atoms with Crippen molar-refractivity contribution in [3.63, 3.8) is 0 Å². The molecule has 1 aliphatic rings. The maximum Gasteiger partial charge on any atom is 0.257 e. The van der Waals surface area contributed by atoms with Crippen molar-refractivity contribution in [3.8, 4) is 0 Å². The molecule has 0 radical (unpaired) electrons. The molecule has 11 heteroatoms. The molecular formula is C23H23ClF3N5O2. The summed E-state index contributed by atoms with van der Waals surface area (Å²) in [6.45, 7) is 1.83. The van der Waals surface area contributed by atoms with E-state index in [9.17, 15) is 23.2 Å². The molecule has 0 aliphatic carbocycles. The summed E-state index contributed by atoms with van der Waals surface area (Å²) in [5, 5.41) is 14.0. The molecule has 180 valence electrons. The van der Waals surface area contributed by atoms with Crippen LogP contribution in [0.2, 0.25) is 5.02 Å². The van der Waals surface area contributed by atoms with Crippen LogP contribution in [0.1, 0.15) is 30.4 Å². The van der Waals surface area contributed by atoms with E-state index in [-0.39, 0.29) is 30.5 Å². The minimum Gasteiger partial charge on any atom is -0.619 e. The van der Waals surface area contributed by atoms with Crippen LogP contribution in [0, 0.1) is 11.0 Å². The molecule has 2 aromatic heterocycles. The number of pyridine rings is 1. The Bertz CT molecular complexity index is 1170. The number of hydrogen-bond donors (Lipinski definition) is 1. The molecule has 1 N–H and O–H groups in total. The Kier molecular flexibility index (Phi) is 6.81. The molecule has 1 aliphatic heterocycles. The third-order valence-electron chi connectivity index (χ3n) is 6.09. The number of amides is 1. The molecule has 7 nitrogen and oxygen atoms in total. The van der Waals surface area contributed by atoms with Crippen LogP contribution in [0.3, 0.4) is 0 Å². The second-order valence-corrected chi connectivity index (χ2v) is 8.77. The normalized spacial score (nSPS) is 19.0. The lowest BCUT2D eigenvalue weighted by atomic mass is 9.87. The molecule has 0 saturated carbocycles. The van der Waals surface area contributed by atoms with Gasteiger partial charge in [0, 0.05) is 43.4 Å². The lowest BCUT2D eigenvalue weighted by molar-refractivity contribution is -0.605. The molecule has 3 aromatic rings. The maximum absolute atomic E-state index is 14.6. The molecule has 0 unspecified atom stereocenters. The van der Waals surface area contributed by atoms with E-state index in [0.29, 0.717) is 15.9 Å². The average molecular weight is 494 g/mol. The number of hydrogen-bond acceptors (Lipinski definition) is 4. The predicted octanol–water partition coefficient (Wildman–Crippen LogP) is 3.81. The number of halogens is 4. The van der Waals surface area contributed by atoms with Gasteiger partial charge in [0.2, 0.25) is 5.91 Å². The Hall–Kier alpha value is -3.11. The zero-order valence-corrected chi connectivity index (χ0v) is 19.1. The van der Waals surface area contributed by atoms with E-state index in [0.717, 1.165) is 0 Å². The highest BCUT2D eigenvalue weighted by atomic mass is 35.5. The topological polar surface area (TPSA) is 77.1 Å². The Morgan fingerprint density at radius 3 is 2.82 bits per heavy atom. The van der Waals surface area contributed by atoms with Crippen LogP contribution in [-0.4, -0.2) is 45.4 Å². The second-order valence-electron chi connectivity index (χ2n) is 8.36. The number of nitrogens with one attached hydrogen (secondary N) is 1. The summed E-state index contributed by atoms with van der Waals surface area (Å²) < 4.78 is 45.5. The summed E-state index contributed by atoms with van der Waals surface area (Å²) in [6.07, 6.45) is 4.98. The number of alkyl halides is 2. The number of carbonyl (C=O) groups is 1. The summed E-state index contributed by atoms with van der Waals surface area (Å²) in [7, 11) is 0. The zero-order chi connectivity index (χ0) is 24.5. The molecule has 1 aromatic carbocycles. The smallest absolute Gasteiger partial charge is 0.257 e. The third kappa shape index (κ3) is 5.18. The van der Waals surface area contributed by atoms with Crippen molar-refractivity contribution in [1.29, 1.82) is 0 Å². The lowest BCUT2D eigenvalue weighted by Crippen LogP contribution is -2.52. The van der Waals surface area contributed by atoms with Crippen molar-refractivity contribution in [2.24, 2.45) is 0 Å². The summed E-state index contributed by atoms with van der Waals surface area (Å²) in [5.74, 6) is -4.73. The van der Waals surface area contributed by atoms with Crippen LogP contribution in [0.15, 0.2) is 55.2 Å². The Labute approximate surface area is 199 Å². The summed E-state index contributed by atoms with van der Waals surface area (Å²) in [4.78, 5) is 18.6. The van der Waals surface area contributed by atoms with Gasteiger partial charge in [0.25, 0.3) is 5.92 Å². The number of likely N-dealkylation sites (tertiary alicyclic amines) is 1. The van der Waals surface area contributed by atoms with Crippen LogP contribution >= 0.6 is 11.6 Å². The average Bonchev–Trinajstić information content (AvgIpc) is 3.24. The first kappa shape index (κ1) is 24.0. The molecule has 1 fully saturated rings. The van der Waals surface area contributed by atoms with Crippen molar-refractivity contribution in [2.75, 3.05) is 18.4 Å². The van der Waals surface area contributed by atoms with Crippen molar-refractivity contribution in [1.82, 2.24) is 14.5 Å². The highest BCUT2D eigenvalue weighted by Gasteiger charge is 2.46. The van der Waals surface area contributed by atoms with E-state index >= 15 is 0 Å². The first-order chi connectivity index (χ1) is 16.1. The van der Waals surface area contributed by atoms with Crippen molar-refractivity contribution in [3.05, 3.63) is 82.4 Å². The van der Waals surface area contributed by atoms with Gasteiger partial charge in [0.05, 0.1) is 29.9 Å². The number of aromatic nitrogens is 3. The summed E-state index contributed by atoms with van der Waals surface area (Å²) in [6, 6.07) is 6.78. The fourth-order valence-corrected chi connectivity index (χ4v) is 4.25. The summed E-state index contributed by atoms with van der Waals surface area (Å²) in [5.41, 5.74) is 0.723. The number of piperidine rings is 1. The van der Waals surface area contributed by atoms with Crippen LogP contribution in [0.5, 0.6) is 0 Å². The maximum atomic E-state index is 14.6. The highest BCUT2D eigenvalue weighted by Crippen LogP contribution is 2.40. The van der Waals surface area contributed by atoms with Crippen molar-refractivity contribution in [2.45, 2.75) is 37.8 Å². The van der Waals surface area contributed by atoms with Gasteiger partial charge in [0.15, 0.2) is 18.2 Å². The van der Waals surface area contributed by atoms with Gasteiger partial charge in [-0.3, -0.25) is 9.69 Å². The molecule has 3 heterocycles. The van der Waals surface area contributed by atoms with Gasteiger partial charge in [-0.2, -0.15) is 4.73 Å². The van der Waals surface area contributed by atoms with E-state index in [4.69, 9.17) is 11.6 Å². The van der Waals surface area contributed by atoms with E-state index in [2.05, 4.69) is 10.3 Å². The van der Waals surface area contributed by atoms with Crippen LogP contribution in [0.4, 0.5) is 19.0 Å². The molecule has 1 amide bonds. The van der Waals surface area contributed by atoms with Crippen molar-refractivity contribution < 1.29 is 22.7 Å². The number of nitrogens with zero attached hydrogens (tertiary/aromatic N) is 4. The molecular weight excluding hydrogens is 471 g/mol. The highest BCUT2D eigenvalue weighted by molar-refractivity contribution is 6.30. The number of rotatable bonds is 6. The van der Waals surface area contributed by atoms with E-state index in [1.165, 1.54) is 36.9 Å². The van der Waals surface area contributed by atoms with Crippen molar-refractivity contribution >= 4 is 23.3 Å². The summed E-state index contributed by atoms with van der Waals surface area (Å²) >= 11 is 5.81. The van der Waals surface area contributed by atoms with E-state index in [1.54, 1.807) is 34.7 Å². The first-order valence-electron chi connectivity index (χ1n) is 10.7. The number of anilines is 1. The standard InChI is InChI=1S/C23H23ClF3N5O2/c1-15(31-10-7-23(26,27)18(12-31)16-5-8-32(34)9-6-16)22(33)29-20-13-30(14-28-20)11-17-3-2-4-19(24)21(17)25/h2-6,8-9,13-15,18H,7,10-12H2,1H3,(H,29,33)/t15-,18+/m0/s1. The second kappa shape index (κ2) is 9.63. The molecule has 0 bridgehead atoms. The van der Waals surface area contributed by atoms with Gasteiger partial charge in [0.1, 0.15) is 5.82 Å². The van der Waals surface area contributed by atoms with Gasteiger partial charge in [-0.25, -0.2) is 18.2 Å². The number of benzene rings is 1. The van der Waals surface area contributed by atoms with Gasteiger partial charge in [-0.1, -0.05) is 23.7 Å². The van der Waals surface area contributed by atoms with Crippen LogP contribution in [-0.2, 0) is 11.3 Å². The molecule has 4 rings (SSSR count).